The molecule has 6 heteroatoms. The smallest absolute Gasteiger partial charge is 0.140 e. The summed E-state index contributed by atoms with van der Waals surface area (Å²) >= 11 is 7.23. The van der Waals surface area contributed by atoms with Crippen LogP contribution < -0.4 is 0 Å². The van der Waals surface area contributed by atoms with Crippen molar-refractivity contribution in [3.05, 3.63) is 71.8 Å². The van der Waals surface area contributed by atoms with E-state index in [2.05, 4.69) is 72.3 Å². The van der Waals surface area contributed by atoms with Gasteiger partial charge in [0.2, 0.25) is 0 Å². The molecule has 3 nitrogen and oxygen atoms in total. The van der Waals surface area contributed by atoms with Crippen LogP contribution in [0.3, 0.4) is 0 Å². The number of carbonyl (C=O) groups excluding carboxylic acids is 1. The van der Waals surface area contributed by atoms with E-state index >= 15 is 0 Å². The molecule has 2 aromatic carbocycles. The molecule has 4 rings (SSSR count). The average Bonchev–Trinajstić information content (AvgIpc) is 2.71. The zero-order valence-corrected chi connectivity index (χ0v) is 18.1. The maximum Gasteiger partial charge on any atom is 0.140 e. The van der Waals surface area contributed by atoms with Crippen molar-refractivity contribution in [2.24, 2.45) is 5.92 Å². The van der Waals surface area contributed by atoms with Crippen molar-refractivity contribution in [3.8, 4) is 0 Å². The Balaban J connectivity index is 1.63. The molecule has 0 saturated carbocycles. The first-order chi connectivity index (χ1) is 12.7. The molecule has 136 valence electrons. The summed E-state index contributed by atoms with van der Waals surface area (Å²) in [6.45, 7) is 0.787. The highest BCUT2D eigenvalue weighted by Crippen LogP contribution is 2.47. The van der Waals surface area contributed by atoms with Gasteiger partial charge >= 0.3 is 0 Å². The van der Waals surface area contributed by atoms with Crippen LogP contribution in [-0.2, 0) is 4.79 Å². The number of benzene rings is 2. The van der Waals surface area contributed by atoms with Crippen LogP contribution in [0, 0.1) is 5.92 Å². The lowest BCUT2D eigenvalue weighted by molar-refractivity contribution is -0.131. The first-order valence-electron chi connectivity index (χ1n) is 8.84. The Labute approximate surface area is 176 Å². The van der Waals surface area contributed by atoms with Crippen molar-refractivity contribution in [1.82, 2.24) is 8.61 Å². The van der Waals surface area contributed by atoms with Gasteiger partial charge in [0.15, 0.2) is 0 Å². The fraction of sp³-hybridized carbons (Fsp3) is 0.350. The number of nitrogens with zero attached hydrogens (tertiary/aromatic N) is 2. The molecule has 0 aromatic heterocycles. The van der Waals surface area contributed by atoms with Crippen molar-refractivity contribution in [3.63, 3.8) is 0 Å². The highest BCUT2D eigenvalue weighted by atomic mass is 127. The number of fused-ring (bicyclic) bond motifs is 1. The van der Waals surface area contributed by atoms with Gasteiger partial charge in [0.05, 0.1) is 6.04 Å². The van der Waals surface area contributed by atoms with Crippen LogP contribution >= 0.6 is 43.1 Å². The molecular weight excluding hydrogens is 475 g/mol. The third-order valence-electron chi connectivity index (χ3n) is 5.58. The first-order valence-corrected chi connectivity index (χ1v) is 12.6. The van der Waals surface area contributed by atoms with Crippen LogP contribution in [0.1, 0.15) is 36.1 Å². The van der Waals surface area contributed by atoms with E-state index in [0.717, 1.165) is 13.0 Å². The molecule has 0 amide bonds. The molecule has 4 atom stereocenters. The van der Waals surface area contributed by atoms with E-state index in [1.807, 2.05) is 18.2 Å². The molecule has 2 aromatic rings. The third-order valence-corrected chi connectivity index (χ3v) is 8.25. The number of rotatable bonds is 3. The predicted octanol–water partition coefficient (Wildman–Crippen LogP) is 5.28. The zero-order chi connectivity index (χ0) is 18.1. The molecule has 2 aliphatic rings. The van der Waals surface area contributed by atoms with Crippen LogP contribution in [0.4, 0.5) is 0 Å². The Hall–Kier alpha value is -0.540. The quantitative estimate of drug-likeness (QED) is 0.355. The fourth-order valence-corrected chi connectivity index (χ4v) is 6.53. The van der Waals surface area contributed by atoms with Gasteiger partial charge in [-0.2, -0.15) is 0 Å². The summed E-state index contributed by atoms with van der Waals surface area (Å²) in [6.07, 6.45) is 1.47. The highest BCUT2D eigenvalue weighted by molar-refractivity contribution is 14.2. The van der Waals surface area contributed by atoms with Crippen LogP contribution in [0.15, 0.2) is 60.7 Å². The minimum absolute atomic E-state index is 0.0368. The van der Waals surface area contributed by atoms with E-state index in [1.165, 1.54) is 11.1 Å². The topological polar surface area (TPSA) is 23.6 Å². The fourth-order valence-electron chi connectivity index (χ4n) is 4.23. The van der Waals surface area contributed by atoms with Gasteiger partial charge in [0, 0.05) is 52.2 Å². The van der Waals surface area contributed by atoms with Crippen LogP contribution in [0.25, 0.3) is 0 Å². The Morgan fingerprint density at radius 1 is 0.962 bits per heavy atom. The number of piperidine rings is 2. The van der Waals surface area contributed by atoms with E-state index in [-0.39, 0.29) is 18.0 Å². The van der Waals surface area contributed by atoms with E-state index < -0.39 is 0 Å². The lowest BCUT2D eigenvalue weighted by Crippen LogP contribution is -2.54. The molecular formula is C20H21IN2OS2. The molecule has 2 saturated heterocycles. The molecule has 0 bridgehead atoms. The SMILES string of the molecule is O=C1CC(c2ccccc2)N(S)[C@H]2CC(c3ccccc3)N(SI)C[C@@H]12. The Morgan fingerprint density at radius 2 is 1.54 bits per heavy atom. The first kappa shape index (κ1) is 18.8. The van der Waals surface area contributed by atoms with Crippen molar-refractivity contribution >= 4 is 48.9 Å². The molecule has 0 radical (unpaired) electrons. The highest BCUT2D eigenvalue weighted by Gasteiger charge is 2.47. The van der Waals surface area contributed by atoms with Gasteiger partial charge < -0.3 is 0 Å². The minimum Gasteiger partial charge on any atom is -0.299 e. The summed E-state index contributed by atoms with van der Waals surface area (Å²) in [5.41, 5.74) is 2.49. The second-order valence-electron chi connectivity index (χ2n) is 6.98. The predicted molar refractivity (Wildman–Crippen MR) is 119 cm³/mol. The zero-order valence-electron chi connectivity index (χ0n) is 14.2. The van der Waals surface area contributed by atoms with E-state index in [9.17, 15) is 4.79 Å². The van der Waals surface area contributed by atoms with Gasteiger partial charge in [0.25, 0.3) is 0 Å². The Bertz CT molecular complexity index is 761. The van der Waals surface area contributed by atoms with Crippen LogP contribution in [0.5, 0.6) is 0 Å². The van der Waals surface area contributed by atoms with E-state index in [1.54, 1.807) is 9.12 Å². The summed E-state index contributed by atoms with van der Waals surface area (Å²) in [4.78, 5) is 13.0. The monoisotopic (exact) mass is 496 g/mol. The maximum absolute atomic E-state index is 13.0. The normalized spacial score (nSPS) is 30.2. The van der Waals surface area contributed by atoms with Gasteiger partial charge in [-0.15, -0.1) is 0 Å². The molecule has 26 heavy (non-hydrogen) atoms. The molecule has 2 aliphatic heterocycles. The lowest BCUT2D eigenvalue weighted by atomic mass is 9.77. The molecule has 2 fully saturated rings. The molecule has 0 N–H and O–H groups in total. The number of ketones is 1. The number of hydrogen-bond donors (Lipinski definition) is 1. The third kappa shape index (κ3) is 3.58. The minimum atomic E-state index is 0.0368. The second kappa shape index (κ2) is 8.22. The van der Waals surface area contributed by atoms with E-state index in [0.29, 0.717) is 18.2 Å². The summed E-state index contributed by atoms with van der Waals surface area (Å²) < 4.78 is 4.52. The van der Waals surface area contributed by atoms with Crippen molar-refractivity contribution in [1.29, 1.82) is 0 Å². The summed E-state index contributed by atoms with van der Waals surface area (Å²) in [7, 11) is 1.71. The van der Waals surface area contributed by atoms with Crippen molar-refractivity contribution in [2.75, 3.05) is 6.54 Å². The van der Waals surface area contributed by atoms with Crippen molar-refractivity contribution < 1.29 is 4.79 Å². The second-order valence-corrected chi connectivity index (χ2v) is 9.23. The van der Waals surface area contributed by atoms with E-state index in [4.69, 9.17) is 12.8 Å². The lowest BCUT2D eigenvalue weighted by Gasteiger charge is -2.50. The average molecular weight is 496 g/mol. The van der Waals surface area contributed by atoms with Gasteiger partial charge in [0.1, 0.15) is 5.78 Å². The molecule has 2 heterocycles. The van der Waals surface area contributed by atoms with Gasteiger partial charge in [-0.25, -0.2) is 8.61 Å². The van der Waals surface area contributed by atoms with Crippen LogP contribution in [-0.4, -0.2) is 27.0 Å². The summed E-state index contributed by atoms with van der Waals surface area (Å²) in [5, 5.41) is 0. The van der Waals surface area contributed by atoms with Crippen molar-refractivity contribution in [2.45, 2.75) is 31.0 Å². The standard InChI is InChI=1S/C20H21IN2OS2/c21-26-22-13-16-19(11-17(22)14-7-3-1-4-8-14)23(25)18(12-20(16)24)15-9-5-2-6-10-15/h1-10,16-19,25H,11-13H2/t16-,17?,18?,19+/m1/s1. The molecule has 0 aliphatic carbocycles. The Kier molecular flexibility index (Phi) is 5.95. The number of Topliss-reactive ketones (excluding diaryl/α,β-unsaturated/α-hetero) is 1. The number of hydrogen-bond acceptors (Lipinski definition) is 5. The Morgan fingerprint density at radius 3 is 2.12 bits per heavy atom. The number of thiol groups is 1. The number of carbonyl (C=O) groups is 1. The van der Waals surface area contributed by atoms with Gasteiger partial charge in [-0.05, 0) is 26.7 Å². The van der Waals surface area contributed by atoms with Crippen LogP contribution in [0.2, 0.25) is 0 Å². The summed E-state index contributed by atoms with van der Waals surface area (Å²) in [5.74, 6) is 0.408. The maximum atomic E-state index is 13.0. The molecule has 2 unspecified atom stereocenters. The van der Waals surface area contributed by atoms with Gasteiger partial charge in [-0.1, -0.05) is 73.5 Å². The largest absolute Gasteiger partial charge is 0.299 e. The molecule has 0 spiro atoms. The van der Waals surface area contributed by atoms with Gasteiger partial charge in [-0.3, -0.25) is 4.79 Å². The summed E-state index contributed by atoms with van der Waals surface area (Å²) in [6, 6.07) is 21.4. The number of halogens is 1.